The Morgan fingerprint density at radius 3 is 1.62 bits per heavy atom. The number of likely N-dealkylation sites (N-methyl/N-ethyl adjacent to an activating group) is 3. The molecule has 39 heteroatoms. The van der Waals surface area contributed by atoms with Gasteiger partial charge < -0.3 is 97.8 Å². The van der Waals surface area contributed by atoms with Gasteiger partial charge in [-0.05, 0) is 127 Å². The second-order valence-electron chi connectivity index (χ2n) is 34.6. The van der Waals surface area contributed by atoms with Crippen molar-refractivity contribution in [3.05, 3.63) is 173 Å². The minimum Gasteiger partial charge on any atom is -0.508 e. The Labute approximate surface area is 774 Å². The largest absolute Gasteiger partial charge is 0.508 e. The first-order valence-corrected chi connectivity index (χ1v) is 45.8. The molecule has 3 aliphatic heterocycles. The van der Waals surface area contributed by atoms with Crippen LogP contribution in [0.5, 0.6) is 5.75 Å². The molecule has 1 unspecified atom stereocenters. The molecule has 0 spiro atoms. The highest BCUT2D eigenvalue weighted by Gasteiger charge is 2.46. The van der Waals surface area contributed by atoms with E-state index in [4.69, 9.17) is 10.5 Å². The van der Waals surface area contributed by atoms with E-state index in [2.05, 4.69) is 52.8 Å². The summed E-state index contributed by atoms with van der Waals surface area (Å²) in [4.78, 5) is 244. The van der Waals surface area contributed by atoms with Gasteiger partial charge in [0.05, 0.1) is 38.1 Å². The van der Waals surface area contributed by atoms with Gasteiger partial charge in [0.2, 0.25) is 82.7 Å². The van der Waals surface area contributed by atoms with Gasteiger partial charge in [-0.15, -0.1) is 11.8 Å². The van der Waals surface area contributed by atoms with E-state index in [-0.39, 0.29) is 120 Å². The SMILES string of the molecule is CCCC[C@H]1C(=O)N2CCC[C@@H]2C(=O)N[C@@H](CC(=O)O)C(=O)N[C@@H](C(C)C)C(=O)N(C)[C@@H](Cc2ccc(F)cc2)C(=O)N[C@@H](CCC(=O)O)C(=O)N2CCC[C@@H]2C(=O)N[C@@H](Cc2c[nH]c3ccccc23)C(=O)N[C@@H](Cc2ccc(O)cc2)C(=O)N[C@@H](CC(C)C)C(=O)N[C@H](COCNCC(N)=O)CSCC(=O)N[C@@H](Cc2ccc(F)cc2)C(=O)N(C)C(Cc2ccccc2)C(=O)N1C. The van der Waals surface area contributed by atoms with E-state index >= 15 is 47.9 Å². The lowest BCUT2D eigenvalue weighted by molar-refractivity contribution is -0.152. The number of carbonyl (C=O) groups excluding carboxylic acids is 14. The van der Waals surface area contributed by atoms with Crippen LogP contribution >= 0.6 is 11.8 Å². The number of primary amides is 1. The molecule has 4 heterocycles. The zero-order chi connectivity index (χ0) is 96.9. The third-order valence-electron chi connectivity index (χ3n) is 23.7. The van der Waals surface area contributed by atoms with Crippen molar-refractivity contribution in [1.82, 2.24) is 77.3 Å². The zero-order valence-corrected chi connectivity index (χ0v) is 76.7. The van der Waals surface area contributed by atoms with Crippen LogP contribution < -0.4 is 53.6 Å². The number of halogens is 2. The summed E-state index contributed by atoms with van der Waals surface area (Å²) in [5.74, 6) is -18.6. The minimum atomic E-state index is -1.95. The molecule has 14 amide bonds. The minimum absolute atomic E-state index is 0.0152. The van der Waals surface area contributed by atoms with Gasteiger partial charge in [0, 0.05) is 95.6 Å². The topological polar surface area (TPSA) is 509 Å². The lowest BCUT2D eigenvalue weighted by Crippen LogP contribution is -2.62. The number of para-hydroxylation sites is 1. The summed E-state index contributed by atoms with van der Waals surface area (Å²) in [5, 5.41) is 56.2. The van der Waals surface area contributed by atoms with E-state index in [1.807, 2.05) is 6.92 Å². The van der Waals surface area contributed by atoms with Crippen molar-refractivity contribution in [2.24, 2.45) is 17.6 Å². The van der Waals surface area contributed by atoms with Gasteiger partial charge >= 0.3 is 11.9 Å². The number of rotatable bonds is 27. The maximum absolute atomic E-state index is 15.7. The predicted molar refractivity (Wildman–Crippen MR) is 487 cm³/mol. The monoisotopic (exact) mass is 1860 g/mol. The summed E-state index contributed by atoms with van der Waals surface area (Å²) in [6.07, 6.45) is -1.02. The van der Waals surface area contributed by atoms with Crippen LogP contribution in [0, 0.1) is 23.5 Å². The first kappa shape index (κ1) is 104. The number of nitrogens with two attached hydrogens (primary N) is 1. The van der Waals surface area contributed by atoms with Crippen LogP contribution in [-0.4, -0.2) is 284 Å². The molecule has 0 radical (unpaired) electrons. The number of aromatic nitrogens is 1. The Morgan fingerprint density at radius 2 is 1.03 bits per heavy atom. The van der Waals surface area contributed by atoms with Crippen LogP contribution in [0.3, 0.4) is 0 Å². The number of H-pyrrole nitrogens is 1. The summed E-state index contributed by atoms with van der Waals surface area (Å²) in [7, 11) is 3.91. The molecular formula is C94H122F2N16O20S. The molecule has 0 aliphatic carbocycles. The van der Waals surface area contributed by atoms with Crippen LogP contribution in [0.4, 0.5) is 8.78 Å². The number of phenolic OH excluding ortho intramolecular Hbond substituents is 1. The van der Waals surface area contributed by atoms with Crippen molar-refractivity contribution in [2.75, 3.05) is 65.6 Å². The lowest BCUT2D eigenvalue weighted by Gasteiger charge is -2.38. The van der Waals surface area contributed by atoms with Gasteiger partial charge in [-0.2, -0.15) is 0 Å². The molecule has 3 fully saturated rings. The number of aromatic amines is 1. The number of ether oxygens (including phenoxy) is 1. The van der Waals surface area contributed by atoms with Crippen molar-refractivity contribution >= 4 is 117 Å². The number of fused-ring (bicyclic) bond motifs is 3. The third-order valence-corrected chi connectivity index (χ3v) is 24.8. The van der Waals surface area contributed by atoms with Crippen LogP contribution in [-0.2, 0) is 114 Å². The van der Waals surface area contributed by atoms with Crippen LogP contribution in [0.15, 0.2) is 134 Å². The number of aliphatic carboxylic acids is 2. The van der Waals surface area contributed by atoms with E-state index in [1.54, 1.807) is 74.6 Å². The molecule has 718 valence electrons. The number of thioether (sulfide) groups is 1. The van der Waals surface area contributed by atoms with Gasteiger partial charge in [-0.1, -0.05) is 132 Å². The Morgan fingerprint density at radius 1 is 0.519 bits per heavy atom. The average Bonchev–Trinajstić information content (AvgIpc) is 1.76. The van der Waals surface area contributed by atoms with E-state index in [9.17, 15) is 52.9 Å². The number of hydrogen-bond acceptors (Lipinski definition) is 20. The molecule has 13 atom stereocenters. The number of phenols is 1. The number of carboxylic acid groups (broad SMARTS) is 2. The van der Waals surface area contributed by atoms with Gasteiger partial charge in [0.15, 0.2) is 0 Å². The number of unbranched alkanes of at least 4 members (excludes halogenated alkanes) is 1. The summed E-state index contributed by atoms with van der Waals surface area (Å²) in [6.45, 7) is 7.38. The van der Waals surface area contributed by atoms with Gasteiger partial charge in [-0.3, -0.25) is 82.0 Å². The maximum Gasteiger partial charge on any atom is 0.305 e. The number of nitrogens with one attached hydrogen (secondary N) is 10. The number of benzene rings is 5. The molecular weight excluding hydrogens is 1740 g/mol. The second-order valence-corrected chi connectivity index (χ2v) is 35.7. The standard InChI is InChI=1S/C94H122F2N16O20S/c1-9-10-22-75-93(130)112-40-17-24-74(112)88(125)106-71(47-81(118)119)86(123)107-82(55(4)5)94(131)109(7)76(44-59-27-33-62(96)34-28-59)89(126)102-67(37-38-80(116)117)91(128)111-39-16-23-73(111)87(124)105-70(46-60-48-99-66-21-15-14-20-65(60)66)85(122)104-69(42-58-29-35-64(113)36-30-58)84(121)103-68(41-54(2)3)83(120)100-63(50-132-53-98-49-78(97)114)51-133-52-79(115)101-72(43-57-25-31-61(95)32-26-57)90(127)110(8)77(92(129)108(75)6)45-56-18-12-11-13-19-56/h11-15,18-21,25-36,48,54-55,63,67-77,82,98-99,113H,9-10,16-17,22-24,37-47,49-53H2,1-8H3,(H2,97,114)(H,100,120)(H,101,115)(H,102,126)(H,103,121)(H,104,122)(H,105,124)(H,106,125)(H,107,123)(H,116,117)(H,118,119)/t63-,67+,68+,69+,70+,71+,72+,73-,74-,75+,76+,77?,82+/m1/s1. The number of nitrogens with zero attached hydrogens (tertiary/aromatic N) is 5. The van der Waals surface area contributed by atoms with E-state index < -0.39 is 222 Å². The van der Waals surface area contributed by atoms with Crippen molar-refractivity contribution < 1.29 is 106 Å². The number of carbonyl (C=O) groups is 16. The smallest absolute Gasteiger partial charge is 0.305 e. The summed E-state index contributed by atoms with van der Waals surface area (Å²) in [5.41, 5.74) is 8.15. The molecule has 1 aromatic heterocycles. The fraction of sp³-hybridized carbons (Fsp3) is 0.489. The number of amides is 14. The third kappa shape index (κ3) is 30.3. The van der Waals surface area contributed by atoms with Crippen molar-refractivity contribution in [3.8, 4) is 5.75 Å². The average molecular weight is 1870 g/mol. The van der Waals surface area contributed by atoms with E-state index in [0.717, 1.165) is 50.7 Å². The fourth-order valence-electron chi connectivity index (χ4n) is 16.5. The molecule has 133 heavy (non-hydrogen) atoms. The highest BCUT2D eigenvalue weighted by atomic mass is 32.2. The Hall–Kier alpha value is -12.9. The number of hydrogen-bond donors (Lipinski definition) is 14. The second kappa shape index (κ2) is 50.1. The normalized spacial score (nSPS) is 23.6. The van der Waals surface area contributed by atoms with Gasteiger partial charge in [0.25, 0.3) is 0 Å². The molecule has 5 aromatic carbocycles. The fourth-order valence-corrected chi connectivity index (χ4v) is 17.4. The lowest BCUT2D eigenvalue weighted by atomic mass is 9.98. The highest BCUT2D eigenvalue weighted by molar-refractivity contribution is 8.00. The molecule has 0 saturated carbocycles. The number of aromatic hydroxyl groups is 1. The van der Waals surface area contributed by atoms with Crippen LogP contribution in [0.25, 0.3) is 10.9 Å². The van der Waals surface area contributed by atoms with Crippen molar-refractivity contribution in [1.29, 1.82) is 0 Å². The molecule has 6 aromatic rings. The molecule has 0 bridgehead atoms. The summed E-state index contributed by atoms with van der Waals surface area (Å²) in [6, 6.07) is 11.6. The Balaban J connectivity index is 1.12. The van der Waals surface area contributed by atoms with Crippen molar-refractivity contribution in [3.63, 3.8) is 0 Å². The maximum atomic E-state index is 15.7. The Bertz CT molecular complexity index is 5070. The van der Waals surface area contributed by atoms with Crippen LogP contribution in [0.2, 0.25) is 0 Å². The highest BCUT2D eigenvalue weighted by Crippen LogP contribution is 2.28. The quantitative estimate of drug-likeness (QED) is 0.0260. The van der Waals surface area contributed by atoms with Gasteiger partial charge in [-0.25, -0.2) is 8.78 Å². The van der Waals surface area contributed by atoms with Crippen LogP contribution in [0.1, 0.15) is 133 Å². The molecule has 3 aliphatic rings. The van der Waals surface area contributed by atoms with E-state index in [1.165, 1.54) is 93.3 Å². The zero-order valence-electron chi connectivity index (χ0n) is 75.9. The first-order chi connectivity index (χ1) is 63.4. The Kier molecular flexibility index (Phi) is 39.1. The molecule has 9 rings (SSSR count). The number of carboxylic acids is 2. The first-order valence-electron chi connectivity index (χ1n) is 44.6. The summed E-state index contributed by atoms with van der Waals surface area (Å²) < 4.78 is 35.2. The predicted octanol–water partition coefficient (Wildman–Crippen LogP) is 3.03. The molecule has 15 N–H and O–H groups in total. The van der Waals surface area contributed by atoms with E-state index in [0.29, 0.717) is 46.0 Å². The molecule has 3 saturated heterocycles. The van der Waals surface area contributed by atoms with Gasteiger partial charge in [0.1, 0.15) is 89.9 Å². The summed E-state index contributed by atoms with van der Waals surface area (Å²) >= 11 is 0.983. The molecule has 36 nitrogen and oxygen atoms in total. The van der Waals surface area contributed by atoms with Crippen molar-refractivity contribution in [2.45, 2.75) is 216 Å².